The number of rotatable bonds is 3. The molecule has 0 fully saturated rings. The van der Waals surface area contributed by atoms with Crippen molar-refractivity contribution in [3.05, 3.63) is 57.9 Å². The SMILES string of the molecule is CC1(C)OC(=C(C#N)C#N)C(C#N)=C1/C=C/c1cc(C(=O)O)ccc1O. The molecule has 0 amide bonds. The second kappa shape index (κ2) is 6.84. The number of hydrogen-bond donors (Lipinski definition) is 2. The Morgan fingerprint density at radius 1 is 1.19 bits per heavy atom. The van der Waals surface area contributed by atoms with Crippen LogP contribution in [0, 0.1) is 34.0 Å². The van der Waals surface area contributed by atoms with Crippen molar-refractivity contribution in [2.75, 3.05) is 0 Å². The second-order valence-corrected chi connectivity index (χ2v) is 5.85. The Balaban J connectivity index is 2.60. The summed E-state index contributed by atoms with van der Waals surface area (Å²) < 4.78 is 5.62. The smallest absolute Gasteiger partial charge is 0.335 e. The second-order valence-electron chi connectivity index (χ2n) is 5.85. The molecule has 1 aliphatic heterocycles. The van der Waals surface area contributed by atoms with Crippen LogP contribution in [0.25, 0.3) is 6.08 Å². The van der Waals surface area contributed by atoms with Crippen LogP contribution in [-0.4, -0.2) is 21.8 Å². The van der Waals surface area contributed by atoms with E-state index in [2.05, 4.69) is 0 Å². The summed E-state index contributed by atoms with van der Waals surface area (Å²) in [4.78, 5) is 11.1. The monoisotopic (exact) mass is 347 g/mol. The number of nitrogens with zero attached hydrogens (tertiary/aromatic N) is 3. The van der Waals surface area contributed by atoms with Gasteiger partial charge in [-0.05, 0) is 32.0 Å². The molecule has 0 saturated carbocycles. The largest absolute Gasteiger partial charge is 0.507 e. The van der Waals surface area contributed by atoms with Crippen LogP contribution in [0.3, 0.4) is 0 Å². The normalized spacial score (nSPS) is 15.1. The number of allylic oxidation sites excluding steroid dienone is 2. The minimum absolute atomic E-state index is 0.00398. The fraction of sp³-hybridized carbons (Fsp3) is 0.158. The van der Waals surface area contributed by atoms with Crippen molar-refractivity contribution >= 4 is 12.0 Å². The van der Waals surface area contributed by atoms with Crippen molar-refractivity contribution < 1.29 is 19.7 Å². The van der Waals surface area contributed by atoms with Crippen LogP contribution in [0.1, 0.15) is 29.8 Å². The van der Waals surface area contributed by atoms with Crippen molar-refractivity contribution in [1.29, 1.82) is 15.8 Å². The number of hydrogen-bond acceptors (Lipinski definition) is 6. The molecule has 1 aromatic carbocycles. The third-order valence-corrected chi connectivity index (χ3v) is 3.77. The van der Waals surface area contributed by atoms with Crippen LogP contribution in [-0.2, 0) is 4.74 Å². The Bertz CT molecular complexity index is 993. The molecule has 1 heterocycles. The van der Waals surface area contributed by atoms with Crippen LogP contribution in [0.4, 0.5) is 0 Å². The number of nitriles is 3. The van der Waals surface area contributed by atoms with Gasteiger partial charge >= 0.3 is 5.97 Å². The van der Waals surface area contributed by atoms with Crippen LogP contribution >= 0.6 is 0 Å². The average Bonchev–Trinajstić information content (AvgIpc) is 2.85. The molecule has 0 radical (unpaired) electrons. The van der Waals surface area contributed by atoms with E-state index in [0.29, 0.717) is 5.57 Å². The molecule has 2 N–H and O–H groups in total. The van der Waals surface area contributed by atoms with Crippen molar-refractivity contribution in [3.8, 4) is 24.0 Å². The lowest BCUT2D eigenvalue weighted by atomic mass is 9.94. The van der Waals surface area contributed by atoms with Gasteiger partial charge in [0, 0.05) is 11.1 Å². The molecule has 0 atom stereocenters. The molecule has 0 bridgehead atoms. The van der Waals surface area contributed by atoms with Crippen LogP contribution in [0.5, 0.6) is 5.75 Å². The first-order valence-corrected chi connectivity index (χ1v) is 7.38. The van der Waals surface area contributed by atoms with Gasteiger partial charge in [0.2, 0.25) is 0 Å². The lowest BCUT2D eigenvalue weighted by Gasteiger charge is -2.20. The number of benzene rings is 1. The molecule has 0 spiro atoms. The predicted octanol–water partition coefficient (Wildman–Crippen LogP) is 3.03. The molecule has 1 aromatic rings. The number of carboxylic acid groups (broad SMARTS) is 1. The number of phenols is 1. The van der Waals surface area contributed by atoms with Crippen molar-refractivity contribution in [3.63, 3.8) is 0 Å². The number of carboxylic acids is 1. The van der Waals surface area contributed by atoms with Gasteiger partial charge in [0.15, 0.2) is 11.3 Å². The highest BCUT2D eigenvalue weighted by Gasteiger charge is 2.38. The van der Waals surface area contributed by atoms with E-state index in [1.54, 1.807) is 26.0 Å². The van der Waals surface area contributed by atoms with Gasteiger partial charge in [0.25, 0.3) is 0 Å². The molecule has 128 valence electrons. The number of carbonyl (C=O) groups is 1. The third kappa shape index (κ3) is 3.26. The Morgan fingerprint density at radius 2 is 1.85 bits per heavy atom. The van der Waals surface area contributed by atoms with Gasteiger partial charge in [0.05, 0.1) is 5.56 Å². The number of phenolic OH excluding ortho intramolecular Hbond substituents is 1. The topological polar surface area (TPSA) is 138 Å². The summed E-state index contributed by atoms with van der Waals surface area (Å²) in [5.74, 6) is -1.36. The molecular weight excluding hydrogens is 334 g/mol. The molecule has 26 heavy (non-hydrogen) atoms. The summed E-state index contributed by atoms with van der Waals surface area (Å²) >= 11 is 0. The van der Waals surface area contributed by atoms with Crippen LogP contribution in [0.2, 0.25) is 0 Å². The third-order valence-electron chi connectivity index (χ3n) is 3.77. The Morgan fingerprint density at radius 3 is 2.38 bits per heavy atom. The zero-order valence-electron chi connectivity index (χ0n) is 13.9. The Labute approximate surface area is 149 Å². The molecule has 2 rings (SSSR count). The minimum Gasteiger partial charge on any atom is -0.507 e. The van der Waals surface area contributed by atoms with Crippen molar-refractivity contribution in [2.45, 2.75) is 19.4 Å². The van der Waals surface area contributed by atoms with Crippen molar-refractivity contribution in [2.24, 2.45) is 0 Å². The first-order valence-electron chi connectivity index (χ1n) is 7.38. The van der Waals surface area contributed by atoms with Crippen LogP contribution in [0.15, 0.2) is 46.8 Å². The van der Waals surface area contributed by atoms with Gasteiger partial charge in [-0.25, -0.2) is 4.79 Å². The molecular formula is C19H13N3O4. The maximum absolute atomic E-state index is 11.1. The molecule has 7 nitrogen and oxygen atoms in total. The van der Waals surface area contributed by atoms with Gasteiger partial charge in [-0.15, -0.1) is 0 Å². The summed E-state index contributed by atoms with van der Waals surface area (Å²) in [6.07, 6.45) is 2.94. The van der Waals surface area contributed by atoms with Gasteiger partial charge < -0.3 is 14.9 Å². The maximum atomic E-state index is 11.1. The standard InChI is InChI=1S/C19H13N3O4/c1-19(2)15(14(10-22)17(26-19)13(8-20)9-21)5-3-11-7-12(18(24)25)4-6-16(11)23/h3-7,23H,1-2H3,(H,24,25)/b5-3+. The number of aromatic hydroxyl groups is 1. The molecule has 0 saturated heterocycles. The average molecular weight is 347 g/mol. The highest BCUT2D eigenvalue weighted by atomic mass is 16.5. The minimum atomic E-state index is -1.14. The number of aromatic carboxylic acids is 1. The zero-order chi connectivity index (χ0) is 19.5. The van der Waals surface area contributed by atoms with E-state index >= 15 is 0 Å². The van der Waals surface area contributed by atoms with Gasteiger partial charge in [-0.3, -0.25) is 0 Å². The lowest BCUT2D eigenvalue weighted by molar-refractivity contribution is 0.0696. The van der Waals surface area contributed by atoms with E-state index in [0.717, 1.165) is 0 Å². The highest BCUT2D eigenvalue weighted by Crippen LogP contribution is 2.40. The predicted molar refractivity (Wildman–Crippen MR) is 90.2 cm³/mol. The lowest BCUT2D eigenvalue weighted by Crippen LogP contribution is -2.20. The highest BCUT2D eigenvalue weighted by molar-refractivity contribution is 5.89. The first kappa shape index (κ1) is 18.3. The Hall–Kier alpha value is -4.02. The van der Waals surface area contributed by atoms with Crippen LogP contribution < -0.4 is 0 Å². The van der Waals surface area contributed by atoms with E-state index in [9.17, 15) is 15.2 Å². The molecule has 7 heteroatoms. The molecule has 0 aromatic heterocycles. The quantitative estimate of drug-likeness (QED) is 0.801. The summed E-state index contributed by atoms with van der Waals surface area (Å²) in [7, 11) is 0. The van der Waals surface area contributed by atoms with Gasteiger partial charge in [-0.1, -0.05) is 12.2 Å². The molecule has 0 aliphatic carbocycles. The fourth-order valence-electron chi connectivity index (χ4n) is 2.48. The molecule has 1 aliphatic rings. The summed E-state index contributed by atoms with van der Waals surface area (Å²) in [6, 6.07) is 9.15. The maximum Gasteiger partial charge on any atom is 0.335 e. The number of ether oxygens (including phenoxy) is 1. The van der Waals surface area contributed by atoms with Gasteiger partial charge in [0.1, 0.15) is 35.1 Å². The van der Waals surface area contributed by atoms with E-state index in [-0.39, 0.29) is 33.8 Å². The zero-order valence-corrected chi connectivity index (χ0v) is 13.9. The summed E-state index contributed by atoms with van der Waals surface area (Å²) in [5, 5.41) is 46.5. The van der Waals surface area contributed by atoms with Crippen molar-refractivity contribution in [1.82, 2.24) is 0 Å². The Kier molecular flexibility index (Phi) is 4.82. The summed E-state index contributed by atoms with van der Waals surface area (Å²) in [6.45, 7) is 3.33. The van der Waals surface area contributed by atoms with E-state index in [4.69, 9.17) is 20.4 Å². The van der Waals surface area contributed by atoms with E-state index < -0.39 is 11.6 Å². The fourth-order valence-corrected chi connectivity index (χ4v) is 2.48. The summed E-state index contributed by atoms with van der Waals surface area (Å²) in [5.41, 5.74) is -0.625. The molecule has 0 unspecified atom stereocenters. The van der Waals surface area contributed by atoms with Gasteiger partial charge in [-0.2, -0.15) is 15.8 Å². The van der Waals surface area contributed by atoms with E-state index in [1.807, 2.05) is 6.07 Å². The van der Waals surface area contributed by atoms with E-state index in [1.165, 1.54) is 30.4 Å². The first-order chi connectivity index (χ1) is 12.2.